The summed E-state index contributed by atoms with van der Waals surface area (Å²) in [5.74, 6) is -1.63. The number of rotatable bonds is 4. The van der Waals surface area contributed by atoms with Crippen LogP contribution < -0.4 is 11.5 Å². The maximum absolute atomic E-state index is 11.6. The molecule has 0 aliphatic carbocycles. The molecule has 126 valence electrons. The Kier molecular flexibility index (Phi) is 9.52. The van der Waals surface area contributed by atoms with Crippen molar-refractivity contribution in [3.05, 3.63) is 28.8 Å². The zero-order valence-electron chi connectivity index (χ0n) is 10.9. The molecule has 0 heterocycles. The summed E-state index contributed by atoms with van der Waals surface area (Å²) in [5, 5.41) is 8.98. The number of carbonyl (C=O) groups excluding carboxylic acids is 1. The number of nitrogen functional groups attached to an aromatic ring is 1. The molecule has 1 rings (SSSR count). The first-order valence-electron chi connectivity index (χ1n) is 5.18. The lowest BCUT2D eigenvalue weighted by Crippen LogP contribution is -2.32. The first kappa shape index (κ1) is 22.5. The van der Waals surface area contributed by atoms with Crippen molar-refractivity contribution in [2.24, 2.45) is 5.73 Å². The quantitative estimate of drug-likeness (QED) is 0.264. The minimum absolute atomic E-state index is 0. The van der Waals surface area contributed by atoms with E-state index in [1.165, 1.54) is 18.2 Å². The first-order valence-corrected chi connectivity index (χ1v) is 6.95. The summed E-state index contributed by atoms with van der Waals surface area (Å²) in [6.07, 6.45) is -0.291. The molecule has 0 saturated carbocycles. The molecule has 12 heteroatoms. The van der Waals surface area contributed by atoms with Gasteiger partial charge in [-0.05, 0) is 18.2 Å². The third-order valence-electron chi connectivity index (χ3n) is 2.04. The highest BCUT2D eigenvalue weighted by atomic mass is 35.5. The van der Waals surface area contributed by atoms with Crippen molar-refractivity contribution in [1.82, 2.24) is 0 Å². The molecule has 10 nitrogen and oxygen atoms in total. The van der Waals surface area contributed by atoms with Gasteiger partial charge in [-0.15, -0.1) is 0 Å². The van der Waals surface area contributed by atoms with E-state index in [0.29, 0.717) is 5.02 Å². The van der Waals surface area contributed by atoms with E-state index in [1.54, 1.807) is 0 Å². The Hall–Kier alpha value is -1.76. The second-order valence-electron chi connectivity index (χ2n) is 3.75. The smallest absolute Gasteiger partial charge is 0.394 e. The molecule has 0 aliphatic rings. The van der Waals surface area contributed by atoms with E-state index in [9.17, 15) is 9.59 Å². The van der Waals surface area contributed by atoms with Gasteiger partial charge in [-0.1, -0.05) is 11.6 Å². The fraction of sp³-hybridized carbons (Fsp3) is 0.200. The fourth-order valence-electron chi connectivity index (χ4n) is 1.18. The van der Waals surface area contributed by atoms with Gasteiger partial charge in [0.05, 0.1) is 0 Å². The number of nitrogens with two attached hydrogens (primary N) is 2. The van der Waals surface area contributed by atoms with E-state index < -0.39 is 28.2 Å². The summed E-state index contributed by atoms with van der Waals surface area (Å²) in [4.78, 5) is 22.1. The average Bonchev–Trinajstić information content (AvgIpc) is 2.25. The number of hydrogen-bond donors (Lipinski definition) is 5. The van der Waals surface area contributed by atoms with Crippen LogP contribution in [0.15, 0.2) is 18.2 Å². The number of halogens is 1. The van der Waals surface area contributed by atoms with Gasteiger partial charge in [0.1, 0.15) is 6.04 Å². The molecule has 0 radical (unpaired) electrons. The van der Waals surface area contributed by atoms with Crippen molar-refractivity contribution in [3.63, 3.8) is 0 Å². The number of ketones is 1. The number of carboxylic acids is 1. The van der Waals surface area contributed by atoms with Crippen LogP contribution in [-0.2, 0) is 15.2 Å². The molecule has 0 aliphatic heterocycles. The van der Waals surface area contributed by atoms with E-state index in [4.69, 9.17) is 45.7 Å². The maximum Gasteiger partial charge on any atom is 0.394 e. The van der Waals surface area contributed by atoms with Crippen molar-refractivity contribution in [2.75, 3.05) is 5.73 Å². The molecular formula is C10H15ClN2O8S. The van der Waals surface area contributed by atoms with Gasteiger partial charge in [0.15, 0.2) is 5.78 Å². The summed E-state index contributed by atoms with van der Waals surface area (Å²) in [6, 6.07) is 3.18. The van der Waals surface area contributed by atoms with Crippen molar-refractivity contribution in [1.29, 1.82) is 0 Å². The second-order valence-corrected chi connectivity index (χ2v) is 5.08. The number of anilines is 1. The van der Waals surface area contributed by atoms with Crippen molar-refractivity contribution < 1.29 is 37.7 Å². The van der Waals surface area contributed by atoms with Gasteiger partial charge in [0.25, 0.3) is 0 Å². The van der Waals surface area contributed by atoms with Gasteiger partial charge < -0.3 is 22.1 Å². The van der Waals surface area contributed by atoms with Crippen LogP contribution in [0.3, 0.4) is 0 Å². The van der Waals surface area contributed by atoms with Gasteiger partial charge in [0.2, 0.25) is 0 Å². The van der Waals surface area contributed by atoms with E-state index in [-0.39, 0.29) is 23.1 Å². The predicted molar refractivity (Wildman–Crippen MR) is 78.2 cm³/mol. The Morgan fingerprint density at radius 2 is 1.73 bits per heavy atom. The summed E-state index contributed by atoms with van der Waals surface area (Å²) >= 11 is 5.67. The summed E-state index contributed by atoms with van der Waals surface area (Å²) in [5.41, 5.74) is 11.3. The van der Waals surface area contributed by atoms with Crippen LogP contribution in [0, 0.1) is 0 Å². The van der Waals surface area contributed by atoms with Crippen LogP contribution in [0.5, 0.6) is 0 Å². The number of hydrogen-bond acceptors (Lipinski definition) is 6. The zero-order valence-corrected chi connectivity index (χ0v) is 12.5. The normalized spacial score (nSPS) is 11.5. The van der Waals surface area contributed by atoms with Crippen molar-refractivity contribution >= 4 is 39.4 Å². The maximum atomic E-state index is 11.6. The molecule has 0 aromatic heterocycles. The number of Topliss-reactive ketones (excluding diaryl/α,β-unsaturated/α-hetero) is 1. The monoisotopic (exact) mass is 358 g/mol. The summed E-state index contributed by atoms with van der Waals surface area (Å²) in [6.45, 7) is 0. The molecule has 0 saturated heterocycles. The lowest BCUT2D eigenvalue weighted by Gasteiger charge is -2.07. The zero-order chi connectivity index (χ0) is 16.8. The Morgan fingerprint density at radius 1 is 1.27 bits per heavy atom. The van der Waals surface area contributed by atoms with Gasteiger partial charge in [-0.25, -0.2) is 0 Å². The predicted octanol–water partition coefficient (Wildman–Crippen LogP) is -0.571. The molecule has 0 amide bonds. The molecular weight excluding hydrogens is 344 g/mol. The van der Waals surface area contributed by atoms with Gasteiger partial charge in [-0.2, -0.15) is 8.42 Å². The topological polar surface area (TPSA) is 213 Å². The molecule has 0 spiro atoms. The molecule has 1 atom stereocenters. The van der Waals surface area contributed by atoms with Crippen LogP contribution in [0.4, 0.5) is 5.69 Å². The number of benzene rings is 1. The SMILES string of the molecule is Nc1cc(Cl)ccc1C(=O)C[C@H](N)C(=O)O.O.O=S(=O)(O)O. The third kappa shape index (κ3) is 10.0. The fourth-order valence-corrected chi connectivity index (χ4v) is 1.37. The van der Waals surface area contributed by atoms with Gasteiger partial charge in [-0.3, -0.25) is 18.7 Å². The lowest BCUT2D eigenvalue weighted by atomic mass is 10.0. The first-order chi connectivity index (χ1) is 9.41. The van der Waals surface area contributed by atoms with E-state index in [2.05, 4.69) is 0 Å². The second kappa shape index (κ2) is 9.30. The van der Waals surface area contributed by atoms with E-state index in [0.717, 1.165) is 0 Å². The van der Waals surface area contributed by atoms with Crippen LogP contribution in [0.1, 0.15) is 16.8 Å². The van der Waals surface area contributed by atoms with Crippen molar-refractivity contribution in [3.8, 4) is 0 Å². The van der Waals surface area contributed by atoms with Crippen LogP contribution in [-0.4, -0.2) is 45.9 Å². The molecule has 0 fully saturated rings. The third-order valence-corrected chi connectivity index (χ3v) is 2.27. The van der Waals surface area contributed by atoms with E-state index in [1.807, 2.05) is 0 Å². The Labute approximate surface area is 130 Å². The van der Waals surface area contributed by atoms with Gasteiger partial charge >= 0.3 is 16.4 Å². The Balaban J connectivity index is 0. The summed E-state index contributed by atoms with van der Waals surface area (Å²) in [7, 11) is -4.67. The van der Waals surface area contributed by atoms with Crippen LogP contribution in [0.25, 0.3) is 0 Å². The van der Waals surface area contributed by atoms with Crippen LogP contribution in [0.2, 0.25) is 5.02 Å². The standard InChI is InChI=1S/C10H11ClN2O3.H2O4S.H2O/c11-5-1-2-6(7(12)3-5)9(14)4-8(13)10(15)16;1-5(2,3)4;/h1-3,8H,4,12-13H2,(H,15,16);(H2,1,2,3,4);1H2/t8-;;/m0../s1. The Morgan fingerprint density at radius 3 is 2.09 bits per heavy atom. The molecule has 0 unspecified atom stereocenters. The average molecular weight is 359 g/mol. The highest BCUT2D eigenvalue weighted by molar-refractivity contribution is 7.79. The Bertz CT molecular complexity index is 626. The van der Waals surface area contributed by atoms with E-state index >= 15 is 0 Å². The lowest BCUT2D eigenvalue weighted by molar-refractivity contribution is -0.138. The van der Waals surface area contributed by atoms with Crippen molar-refractivity contribution in [2.45, 2.75) is 12.5 Å². The minimum Gasteiger partial charge on any atom is -0.480 e. The summed E-state index contributed by atoms with van der Waals surface area (Å²) < 4.78 is 31.6. The number of aliphatic carboxylic acids is 1. The molecule has 9 N–H and O–H groups in total. The largest absolute Gasteiger partial charge is 0.480 e. The molecule has 1 aromatic rings. The van der Waals surface area contributed by atoms with Gasteiger partial charge in [0, 0.05) is 22.7 Å². The highest BCUT2D eigenvalue weighted by Gasteiger charge is 2.18. The number of carboxylic acid groups (broad SMARTS) is 1. The minimum atomic E-state index is -4.67. The molecule has 0 bridgehead atoms. The molecule has 22 heavy (non-hydrogen) atoms. The molecule has 1 aromatic carbocycles. The highest BCUT2D eigenvalue weighted by Crippen LogP contribution is 2.19. The number of carbonyl (C=O) groups is 2. The van der Waals surface area contributed by atoms with Crippen LogP contribution >= 0.6 is 11.6 Å².